The summed E-state index contributed by atoms with van der Waals surface area (Å²) >= 11 is 1.70. The molecule has 0 fully saturated rings. The summed E-state index contributed by atoms with van der Waals surface area (Å²) in [6, 6.07) is 23.4. The molecular weight excluding hydrogens is 472 g/mol. The van der Waals surface area contributed by atoms with Crippen LogP contribution in [0.4, 0.5) is 5.69 Å². The van der Waals surface area contributed by atoms with Gasteiger partial charge in [0.15, 0.2) is 6.61 Å². The van der Waals surface area contributed by atoms with Crippen molar-refractivity contribution >= 4 is 39.3 Å². The molecule has 1 aliphatic heterocycles. The monoisotopic (exact) mass is 496 g/mol. The van der Waals surface area contributed by atoms with Gasteiger partial charge in [0.05, 0.1) is 16.6 Å². The van der Waals surface area contributed by atoms with Crippen LogP contribution in [0, 0.1) is 0 Å². The Balaban J connectivity index is 1.40. The first-order chi connectivity index (χ1) is 16.3. The van der Waals surface area contributed by atoms with Crippen molar-refractivity contribution in [2.24, 2.45) is 5.14 Å². The maximum atomic E-state index is 13.2. The van der Waals surface area contributed by atoms with E-state index in [1.165, 1.54) is 12.1 Å². The van der Waals surface area contributed by atoms with Gasteiger partial charge in [-0.2, -0.15) is 0 Å². The maximum Gasteiger partial charge on any atom is 0.306 e. The Kier molecular flexibility index (Phi) is 7.35. The standard InChI is InChI=1S/C25H24N2O5S2/c26-34(30,31)20-13-10-18(11-14-20)12-15-25(29)32-16-24(28)27-21-8-4-5-9-23(21)33-17-22(27)19-6-2-1-3-7-19/h1-11,13-14,22H,12,15-17H2,(H2,26,30,31). The Labute approximate surface area is 203 Å². The third kappa shape index (κ3) is 5.67. The van der Waals surface area contributed by atoms with Crippen LogP contribution in [-0.2, 0) is 30.8 Å². The molecule has 1 atom stereocenters. The van der Waals surface area contributed by atoms with E-state index in [2.05, 4.69) is 0 Å². The van der Waals surface area contributed by atoms with E-state index in [4.69, 9.17) is 9.88 Å². The van der Waals surface area contributed by atoms with Crippen LogP contribution in [0.5, 0.6) is 0 Å². The fourth-order valence-electron chi connectivity index (χ4n) is 3.79. The number of hydrogen-bond acceptors (Lipinski definition) is 6. The highest BCUT2D eigenvalue weighted by Gasteiger charge is 2.32. The largest absolute Gasteiger partial charge is 0.456 e. The second kappa shape index (κ2) is 10.4. The second-order valence-corrected chi connectivity index (χ2v) is 10.4. The zero-order valence-corrected chi connectivity index (χ0v) is 19.9. The molecule has 4 rings (SSSR count). The van der Waals surface area contributed by atoms with Gasteiger partial charge in [-0.25, -0.2) is 13.6 Å². The molecule has 0 radical (unpaired) electrons. The maximum absolute atomic E-state index is 13.2. The van der Waals surface area contributed by atoms with E-state index in [0.29, 0.717) is 12.2 Å². The molecular formula is C25H24N2O5S2. The van der Waals surface area contributed by atoms with Gasteiger partial charge in [0.2, 0.25) is 10.0 Å². The van der Waals surface area contributed by atoms with E-state index >= 15 is 0 Å². The number of amides is 1. The third-order valence-corrected chi connectivity index (χ3v) is 7.58. The number of thioether (sulfide) groups is 1. The molecule has 3 aromatic carbocycles. The lowest BCUT2D eigenvalue weighted by Crippen LogP contribution is -2.41. The molecule has 9 heteroatoms. The number of sulfonamides is 1. The van der Waals surface area contributed by atoms with Crippen molar-refractivity contribution in [2.45, 2.75) is 28.7 Å². The minimum absolute atomic E-state index is 0.0115. The summed E-state index contributed by atoms with van der Waals surface area (Å²) in [5, 5.41) is 5.10. The molecule has 1 amide bonds. The smallest absolute Gasteiger partial charge is 0.306 e. The number of anilines is 1. The molecule has 7 nitrogen and oxygen atoms in total. The normalized spacial score (nSPS) is 15.4. The lowest BCUT2D eigenvalue weighted by Gasteiger charge is -2.37. The molecule has 0 saturated heterocycles. The number of ether oxygens (including phenoxy) is 1. The number of benzene rings is 3. The predicted molar refractivity (Wildman–Crippen MR) is 131 cm³/mol. The van der Waals surface area contributed by atoms with Gasteiger partial charge in [-0.05, 0) is 41.8 Å². The van der Waals surface area contributed by atoms with Crippen LogP contribution >= 0.6 is 11.8 Å². The lowest BCUT2D eigenvalue weighted by atomic mass is 10.1. The van der Waals surface area contributed by atoms with Crippen molar-refractivity contribution in [3.05, 3.63) is 90.0 Å². The van der Waals surface area contributed by atoms with Crippen molar-refractivity contribution in [1.29, 1.82) is 0 Å². The SMILES string of the molecule is NS(=O)(=O)c1ccc(CCC(=O)OCC(=O)N2c3ccccc3SCC2c2ccccc2)cc1. The molecule has 1 unspecified atom stereocenters. The Morgan fingerprint density at radius 2 is 1.65 bits per heavy atom. The van der Waals surface area contributed by atoms with Crippen LogP contribution in [-0.4, -0.2) is 32.7 Å². The van der Waals surface area contributed by atoms with Gasteiger partial charge in [-0.3, -0.25) is 14.5 Å². The van der Waals surface area contributed by atoms with Gasteiger partial charge >= 0.3 is 5.97 Å². The van der Waals surface area contributed by atoms with Crippen LogP contribution in [0.15, 0.2) is 88.7 Å². The summed E-state index contributed by atoms with van der Waals surface area (Å²) in [5.74, 6) is -0.0813. The molecule has 0 saturated carbocycles. The average molecular weight is 497 g/mol. The van der Waals surface area contributed by atoms with Crippen LogP contribution in [0.2, 0.25) is 0 Å². The number of para-hydroxylation sites is 1. The fraction of sp³-hybridized carbons (Fsp3) is 0.200. The molecule has 1 heterocycles. The summed E-state index contributed by atoms with van der Waals surface area (Å²) < 4.78 is 28.0. The zero-order valence-electron chi connectivity index (χ0n) is 18.3. The number of nitrogens with zero attached hydrogens (tertiary/aromatic N) is 1. The van der Waals surface area contributed by atoms with Crippen molar-refractivity contribution in [1.82, 2.24) is 0 Å². The van der Waals surface area contributed by atoms with Crippen LogP contribution in [0.1, 0.15) is 23.6 Å². The second-order valence-electron chi connectivity index (χ2n) is 7.82. The van der Waals surface area contributed by atoms with E-state index in [1.54, 1.807) is 28.8 Å². The van der Waals surface area contributed by atoms with Gasteiger partial charge < -0.3 is 4.74 Å². The van der Waals surface area contributed by atoms with Gasteiger partial charge in [0.1, 0.15) is 0 Å². The highest BCUT2D eigenvalue weighted by Crippen LogP contribution is 2.43. The average Bonchev–Trinajstić information content (AvgIpc) is 2.85. The molecule has 0 aromatic heterocycles. The van der Waals surface area contributed by atoms with E-state index < -0.39 is 16.0 Å². The molecule has 176 valence electrons. The van der Waals surface area contributed by atoms with Crippen molar-refractivity contribution < 1.29 is 22.7 Å². The number of rotatable bonds is 7. The van der Waals surface area contributed by atoms with E-state index in [-0.39, 0.29) is 29.9 Å². The first kappa shape index (κ1) is 24.0. The number of esters is 1. The number of nitrogens with two attached hydrogens (primary N) is 1. The Hall–Kier alpha value is -3.14. The third-order valence-electron chi connectivity index (χ3n) is 5.51. The van der Waals surface area contributed by atoms with E-state index in [1.807, 2.05) is 54.6 Å². The summed E-state index contributed by atoms with van der Waals surface area (Å²) in [6.07, 6.45) is 0.421. The number of hydrogen-bond donors (Lipinski definition) is 1. The topological polar surface area (TPSA) is 107 Å². The first-order valence-corrected chi connectivity index (χ1v) is 13.2. The fourth-order valence-corrected chi connectivity index (χ4v) is 5.48. The van der Waals surface area contributed by atoms with Gasteiger partial charge in [0.25, 0.3) is 5.91 Å². The van der Waals surface area contributed by atoms with E-state index in [9.17, 15) is 18.0 Å². The molecule has 34 heavy (non-hydrogen) atoms. The highest BCUT2D eigenvalue weighted by molar-refractivity contribution is 7.99. The Bertz CT molecular complexity index is 1280. The minimum Gasteiger partial charge on any atom is -0.456 e. The number of aryl methyl sites for hydroxylation is 1. The number of carbonyl (C=O) groups is 2. The van der Waals surface area contributed by atoms with Gasteiger partial charge in [0, 0.05) is 17.1 Å². The van der Waals surface area contributed by atoms with Gasteiger partial charge in [-0.15, -0.1) is 11.8 Å². The summed E-state index contributed by atoms with van der Waals surface area (Å²) in [7, 11) is -3.76. The van der Waals surface area contributed by atoms with Crippen molar-refractivity contribution in [3.8, 4) is 0 Å². The zero-order chi connectivity index (χ0) is 24.1. The van der Waals surface area contributed by atoms with Crippen molar-refractivity contribution in [3.63, 3.8) is 0 Å². The summed E-state index contributed by atoms with van der Waals surface area (Å²) in [5.41, 5.74) is 2.59. The van der Waals surface area contributed by atoms with Crippen LogP contribution in [0.25, 0.3) is 0 Å². The Morgan fingerprint density at radius 1 is 0.971 bits per heavy atom. The van der Waals surface area contributed by atoms with Crippen LogP contribution < -0.4 is 10.0 Å². The van der Waals surface area contributed by atoms with Crippen molar-refractivity contribution in [2.75, 3.05) is 17.3 Å². The summed E-state index contributed by atoms with van der Waals surface area (Å²) in [4.78, 5) is 28.3. The lowest BCUT2D eigenvalue weighted by molar-refractivity contribution is -0.147. The van der Waals surface area contributed by atoms with E-state index in [0.717, 1.165) is 21.7 Å². The van der Waals surface area contributed by atoms with Gasteiger partial charge in [-0.1, -0.05) is 54.6 Å². The summed E-state index contributed by atoms with van der Waals surface area (Å²) in [6.45, 7) is -0.356. The molecule has 0 spiro atoms. The number of fused-ring (bicyclic) bond motifs is 1. The molecule has 3 aromatic rings. The molecule has 0 bridgehead atoms. The number of primary sulfonamides is 1. The molecule has 0 aliphatic carbocycles. The predicted octanol–water partition coefficient (Wildman–Crippen LogP) is 3.69. The highest BCUT2D eigenvalue weighted by atomic mass is 32.2. The Morgan fingerprint density at radius 3 is 2.35 bits per heavy atom. The minimum atomic E-state index is -3.76. The molecule has 1 aliphatic rings. The molecule has 2 N–H and O–H groups in total. The quantitative estimate of drug-likeness (QED) is 0.500. The van der Waals surface area contributed by atoms with Crippen LogP contribution in [0.3, 0.4) is 0 Å². The number of carbonyl (C=O) groups excluding carboxylic acids is 2. The first-order valence-electron chi connectivity index (χ1n) is 10.7.